The molecule has 0 N–H and O–H groups in total. The summed E-state index contributed by atoms with van der Waals surface area (Å²) < 4.78 is 7.87. The van der Waals surface area contributed by atoms with E-state index >= 15 is 0 Å². The lowest BCUT2D eigenvalue weighted by atomic mass is 9.94. The summed E-state index contributed by atoms with van der Waals surface area (Å²) in [4.78, 5) is 45.6. The Hall–Kier alpha value is -17.7. The Morgan fingerprint density at radius 1 is 0.108 bits per heavy atom. The third-order valence-corrected chi connectivity index (χ3v) is 30.0. The number of rotatable bonds is 12. The van der Waals surface area contributed by atoms with Crippen LogP contribution in [-0.2, 0) is 0 Å². The Morgan fingerprint density at radius 3 is 0.640 bits per heavy atom. The van der Waals surface area contributed by atoms with Gasteiger partial charge in [-0.1, -0.05) is 370 Å². The Bertz CT molecular complexity index is 9580. The van der Waals surface area contributed by atoms with Gasteiger partial charge in [0.25, 0.3) is 0 Å². The van der Waals surface area contributed by atoms with Crippen LogP contribution in [0.15, 0.2) is 467 Å². The van der Waals surface area contributed by atoms with E-state index in [0.29, 0.717) is 52.4 Å². The highest BCUT2D eigenvalue weighted by atomic mass is 32.1. The second kappa shape index (κ2) is 35.0. The van der Waals surface area contributed by atoms with Crippen molar-refractivity contribution in [2.45, 2.75) is 0 Å². The molecule has 12 heteroatoms. The van der Waals surface area contributed by atoms with Gasteiger partial charge >= 0.3 is 0 Å². The molecule has 0 saturated heterocycles. The summed E-state index contributed by atoms with van der Waals surface area (Å²) in [6, 6.07) is 165. The molecule has 0 fully saturated rings. The third-order valence-electron chi connectivity index (χ3n) is 26.5. The normalized spacial score (nSPS) is 11.6. The van der Waals surface area contributed by atoms with Gasteiger partial charge in [0.2, 0.25) is 0 Å². The predicted octanol–water partition coefficient (Wildman–Crippen LogP) is 34.8. The molecule has 0 amide bonds. The SMILES string of the molecule is c1ccc(-c2nc(-c3ccc4ccccc4c3)nc(-c3ccc(-c4ccc5sc6ccccc6c5c4)c4ccccc34)n2)cc1.c1ccc2cc(-c3nc(-c4ccc(-c5ccc6sc7ccccc7c6c5)cc4)nc(-c4ccc5ccccc5c4)n3)ccc2c1.c1ccc2cc(-c3nc(-c4ccc5ccccc5c4)nc(-c4ccc(-c5ccc6sc7ccccc7c6c5)c5ccccc45)n3)ccc2c1. The van der Waals surface area contributed by atoms with Gasteiger partial charge in [0.15, 0.2) is 52.4 Å². The minimum Gasteiger partial charge on any atom is -0.208 e. The molecular formula is C127H77N9S3. The van der Waals surface area contributed by atoms with E-state index in [1.165, 1.54) is 126 Å². The first kappa shape index (κ1) is 82.1. The number of aromatic nitrogens is 9. The maximum absolute atomic E-state index is 5.17. The first-order valence-corrected chi connectivity index (χ1v) is 48.9. The van der Waals surface area contributed by atoms with Crippen molar-refractivity contribution < 1.29 is 0 Å². The molecule has 0 radical (unpaired) electrons. The van der Waals surface area contributed by atoms with Gasteiger partial charge in [-0.05, 0) is 206 Å². The van der Waals surface area contributed by atoms with Crippen LogP contribution in [0.2, 0.25) is 0 Å². The number of fused-ring (bicyclic) bond motifs is 16. The summed E-state index contributed by atoms with van der Waals surface area (Å²) in [5.41, 5.74) is 15.8. The summed E-state index contributed by atoms with van der Waals surface area (Å²) in [6.07, 6.45) is 0. The summed E-state index contributed by atoms with van der Waals surface area (Å²) in [5, 5.41) is 24.1. The van der Waals surface area contributed by atoms with Crippen molar-refractivity contribution in [1.82, 2.24) is 44.9 Å². The maximum atomic E-state index is 5.17. The van der Waals surface area contributed by atoms with Crippen LogP contribution in [0.25, 0.3) is 272 Å². The molecule has 28 aromatic rings. The van der Waals surface area contributed by atoms with Gasteiger partial charge in [0, 0.05) is 111 Å². The van der Waals surface area contributed by atoms with Crippen LogP contribution < -0.4 is 0 Å². The summed E-state index contributed by atoms with van der Waals surface area (Å²) in [6.45, 7) is 0. The number of hydrogen-bond acceptors (Lipinski definition) is 12. The van der Waals surface area contributed by atoms with Gasteiger partial charge < -0.3 is 0 Å². The van der Waals surface area contributed by atoms with Crippen LogP contribution in [-0.4, -0.2) is 44.9 Å². The largest absolute Gasteiger partial charge is 0.208 e. The molecule has 0 bridgehead atoms. The van der Waals surface area contributed by atoms with Crippen LogP contribution in [0.5, 0.6) is 0 Å². The van der Waals surface area contributed by atoms with E-state index in [4.69, 9.17) is 44.9 Å². The number of thiophene rings is 3. The van der Waals surface area contributed by atoms with E-state index < -0.39 is 0 Å². The highest BCUT2D eigenvalue weighted by Gasteiger charge is 2.23. The lowest BCUT2D eigenvalue weighted by molar-refractivity contribution is 1.07. The molecule has 0 aliphatic rings. The fourth-order valence-electron chi connectivity index (χ4n) is 19.5. The lowest BCUT2D eigenvalue weighted by Crippen LogP contribution is -2.01. The zero-order chi connectivity index (χ0) is 91.8. The monoisotopic (exact) mass is 1820 g/mol. The highest BCUT2D eigenvalue weighted by Crippen LogP contribution is 2.46. The van der Waals surface area contributed by atoms with Crippen LogP contribution >= 0.6 is 34.0 Å². The Kier molecular flexibility index (Phi) is 20.7. The molecule has 0 aliphatic carbocycles. The van der Waals surface area contributed by atoms with Crippen LogP contribution in [0.3, 0.4) is 0 Å². The van der Waals surface area contributed by atoms with Gasteiger partial charge in [0.05, 0.1) is 0 Å². The van der Waals surface area contributed by atoms with Crippen molar-refractivity contribution in [1.29, 1.82) is 0 Å². The molecule has 0 aliphatic heterocycles. The number of benzene rings is 22. The molecule has 648 valence electrons. The standard InChI is InChI=1S/C45H27N3S.2C41H25N3S/c1-3-11-30-25-33(19-17-28(30)9-1)43-46-44(34-20-18-29-10-2-4-12-31(29)26-34)48-45(47-43)39-23-22-35(36-13-5-6-14-37(36)39)32-21-24-42-40(27-32)38-15-7-8-16-41(38)49-42;1-3-9-30-23-33(19-15-26(30)7-1)40-42-39(43-41(44-40)34-20-16-27-8-2-4-10-31(27)24-34)29-17-13-28(14-18-29)32-21-22-38-36(25-32)35-11-5-6-12-37(35)45-38;1-2-11-27(12-3-1)39-42-40(30-19-18-26-10-4-5-13-28(26)24-30)44-41(43-39)35-22-21-31(32-14-6-7-15-33(32)35)29-20-23-38-36(25-29)34-16-8-9-17-37(34)45-38/h1-27H;2*1-25H. The number of hydrogen-bond donors (Lipinski definition) is 0. The zero-order valence-electron chi connectivity index (χ0n) is 74.7. The van der Waals surface area contributed by atoms with Gasteiger partial charge in [-0.3, -0.25) is 0 Å². The molecule has 139 heavy (non-hydrogen) atoms. The van der Waals surface area contributed by atoms with Crippen molar-refractivity contribution >= 4 is 170 Å². The maximum Gasteiger partial charge on any atom is 0.164 e. The van der Waals surface area contributed by atoms with E-state index in [1.54, 1.807) is 0 Å². The van der Waals surface area contributed by atoms with E-state index in [9.17, 15) is 0 Å². The Balaban J connectivity index is 0.000000108. The van der Waals surface area contributed by atoms with Crippen LogP contribution in [0, 0.1) is 0 Å². The molecule has 0 atom stereocenters. The van der Waals surface area contributed by atoms with E-state index in [1.807, 2.05) is 52.2 Å². The minimum atomic E-state index is 0.654. The fourth-order valence-corrected chi connectivity index (χ4v) is 22.8. The molecule has 22 aromatic carbocycles. The minimum absolute atomic E-state index is 0.654. The number of nitrogens with zero attached hydrogens (tertiary/aromatic N) is 9. The van der Waals surface area contributed by atoms with Gasteiger partial charge in [-0.15, -0.1) is 34.0 Å². The van der Waals surface area contributed by atoms with Gasteiger partial charge in [-0.2, -0.15) is 0 Å². The molecular weight excluding hydrogens is 1750 g/mol. The quantitative estimate of drug-likeness (QED) is 0.118. The molecule has 9 nitrogen and oxygen atoms in total. The molecule has 6 heterocycles. The smallest absolute Gasteiger partial charge is 0.164 e. The van der Waals surface area contributed by atoms with Gasteiger partial charge in [-0.25, -0.2) is 44.9 Å². The predicted molar refractivity (Wildman–Crippen MR) is 586 cm³/mol. The lowest BCUT2D eigenvalue weighted by Gasteiger charge is -2.13. The zero-order valence-corrected chi connectivity index (χ0v) is 77.2. The van der Waals surface area contributed by atoms with Crippen molar-refractivity contribution in [2.24, 2.45) is 0 Å². The molecule has 6 aromatic heterocycles. The van der Waals surface area contributed by atoms with Crippen molar-refractivity contribution in [2.75, 3.05) is 0 Å². The highest BCUT2D eigenvalue weighted by molar-refractivity contribution is 7.26. The van der Waals surface area contributed by atoms with Crippen molar-refractivity contribution in [3.8, 4) is 136 Å². The third kappa shape index (κ3) is 15.6. The average molecular weight is 1830 g/mol. The summed E-state index contributed by atoms with van der Waals surface area (Å²) in [5.74, 6) is 5.92. The first-order chi connectivity index (χ1) is 68.8. The second-order valence-electron chi connectivity index (χ2n) is 35.0. The Morgan fingerprint density at radius 2 is 0.317 bits per heavy atom. The molecule has 0 spiro atoms. The summed E-state index contributed by atoms with van der Waals surface area (Å²) >= 11 is 5.53. The second-order valence-corrected chi connectivity index (χ2v) is 38.3. The first-order valence-electron chi connectivity index (χ1n) is 46.5. The van der Waals surface area contributed by atoms with E-state index in [-0.39, 0.29) is 0 Å². The molecule has 28 rings (SSSR count). The van der Waals surface area contributed by atoms with Crippen molar-refractivity contribution in [3.05, 3.63) is 467 Å². The molecule has 0 saturated carbocycles. The van der Waals surface area contributed by atoms with Crippen molar-refractivity contribution in [3.63, 3.8) is 0 Å². The Labute approximate surface area is 811 Å². The topological polar surface area (TPSA) is 116 Å². The summed E-state index contributed by atoms with van der Waals surface area (Å²) in [7, 11) is 0. The van der Waals surface area contributed by atoms with E-state index in [2.05, 4.69) is 449 Å². The van der Waals surface area contributed by atoms with Crippen LogP contribution in [0.1, 0.15) is 0 Å². The van der Waals surface area contributed by atoms with Gasteiger partial charge in [0.1, 0.15) is 0 Å². The van der Waals surface area contributed by atoms with E-state index in [0.717, 1.165) is 93.3 Å². The molecule has 0 unspecified atom stereocenters. The fraction of sp³-hybridized carbons (Fsp3) is 0. The average Bonchev–Trinajstić information content (AvgIpc) is 0.989. The van der Waals surface area contributed by atoms with Crippen LogP contribution in [0.4, 0.5) is 0 Å².